The molecule has 0 spiro atoms. The fraction of sp³-hybridized carbons (Fsp3) is 0.538. The molecule has 0 fully saturated rings. The summed E-state index contributed by atoms with van der Waals surface area (Å²) in [6, 6.07) is 4.85. The molecule has 4 heteroatoms. The van der Waals surface area contributed by atoms with E-state index in [0.29, 0.717) is 0 Å². The molecule has 0 aromatic heterocycles. The molecule has 0 aliphatic carbocycles. The highest BCUT2D eigenvalue weighted by Gasteiger charge is 2.20. The molecule has 0 heterocycles. The Labute approximate surface area is 104 Å². The van der Waals surface area contributed by atoms with Gasteiger partial charge in [0.1, 0.15) is 0 Å². The molecule has 0 saturated carbocycles. The molecule has 1 N–H and O–H groups in total. The van der Waals surface area contributed by atoms with Crippen molar-refractivity contribution in [2.24, 2.45) is 0 Å². The fourth-order valence-electron chi connectivity index (χ4n) is 1.94. The molecular formula is C13H20O3S. The molecule has 0 unspecified atom stereocenters. The second-order valence-electron chi connectivity index (χ2n) is 5.29. The molecule has 1 aromatic rings. The van der Waals surface area contributed by atoms with Gasteiger partial charge in [0.25, 0.3) is 10.1 Å². The van der Waals surface area contributed by atoms with E-state index in [-0.39, 0.29) is 10.3 Å². The van der Waals surface area contributed by atoms with E-state index < -0.39 is 10.1 Å². The van der Waals surface area contributed by atoms with Crippen molar-refractivity contribution in [1.82, 2.24) is 0 Å². The summed E-state index contributed by atoms with van der Waals surface area (Å²) in [4.78, 5) is -0.0195. The van der Waals surface area contributed by atoms with Crippen LogP contribution in [0.5, 0.6) is 0 Å². The Morgan fingerprint density at radius 3 is 2.24 bits per heavy atom. The number of hydrogen-bond donors (Lipinski definition) is 1. The van der Waals surface area contributed by atoms with Crippen LogP contribution in [0.25, 0.3) is 0 Å². The van der Waals surface area contributed by atoms with Crippen molar-refractivity contribution < 1.29 is 13.0 Å². The molecule has 0 aliphatic heterocycles. The highest BCUT2D eigenvalue weighted by molar-refractivity contribution is 7.85. The van der Waals surface area contributed by atoms with Gasteiger partial charge in [-0.05, 0) is 35.1 Å². The summed E-state index contributed by atoms with van der Waals surface area (Å²) in [6.07, 6.45) is 1.76. The number of hydrogen-bond acceptors (Lipinski definition) is 2. The van der Waals surface area contributed by atoms with Crippen LogP contribution in [0.2, 0.25) is 0 Å². The van der Waals surface area contributed by atoms with Crippen LogP contribution in [0, 0.1) is 0 Å². The summed E-state index contributed by atoms with van der Waals surface area (Å²) in [7, 11) is -4.11. The number of rotatable bonds is 3. The van der Waals surface area contributed by atoms with Gasteiger partial charge in [-0.15, -0.1) is 0 Å². The van der Waals surface area contributed by atoms with Crippen LogP contribution in [0.3, 0.4) is 0 Å². The normalized spacial score (nSPS) is 12.8. The molecule has 17 heavy (non-hydrogen) atoms. The van der Waals surface area contributed by atoms with Gasteiger partial charge in [-0.25, -0.2) is 0 Å². The molecule has 0 aliphatic rings. The van der Waals surface area contributed by atoms with Gasteiger partial charge >= 0.3 is 0 Å². The van der Waals surface area contributed by atoms with Crippen LogP contribution in [0.15, 0.2) is 23.1 Å². The van der Waals surface area contributed by atoms with Crippen LogP contribution in [0.4, 0.5) is 0 Å². The summed E-state index contributed by atoms with van der Waals surface area (Å²) < 4.78 is 31.3. The molecule has 0 saturated heterocycles. The number of benzene rings is 1. The molecule has 96 valence electrons. The maximum absolute atomic E-state index is 11.1. The molecule has 1 rings (SSSR count). The Hall–Kier alpha value is -0.870. The summed E-state index contributed by atoms with van der Waals surface area (Å²) in [5.74, 6) is 0. The zero-order valence-electron chi connectivity index (χ0n) is 10.8. The second-order valence-corrected chi connectivity index (χ2v) is 6.72. The van der Waals surface area contributed by atoms with Gasteiger partial charge in [0.2, 0.25) is 0 Å². The first-order valence-electron chi connectivity index (χ1n) is 5.77. The van der Waals surface area contributed by atoms with E-state index in [1.807, 2.05) is 6.92 Å². The highest BCUT2D eigenvalue weighted by Crippen LogP contribution is 2.28. The van der Waals surface area contributed by atoms with Gasteiger partial charge in [-0.3, -0.25) is 4.55 Å². The molecule has 0 bridgehead atoms. The molecule has 0 amide bonds. The van der Waals surface area contributed by atoms with Crippen LogP contribution in [0.1, 0.15) is 45.2 Å². The maximum atomic E-state index is 11.1. The summed E-state index contributed by atoms with van der Waals surface area (Å²) in [6.45, 7) is 8.32. The molecular weight excluding hydrogens is 236 g/mol. The van der Waals surface area contributed by atoms with Gasteiger partial charge in [-0.1, -0.05) is 40.2 Å². The Bertz CT molecular complexity index is 496. The second kappa shape index (κ2) is 4.78. The smallest absolute Gasteiger partial charge is 0.282 e. The van der Waals surface area contributed by atoms with E-state index in [1.165, 1.54) is 6.07 Å². The van der Waals surface area contributed by atoms with Gasteiger partial charge in [-0.2, -0.15) is 8.42 Å². The van der Waals surface area contributed by atoms with Crippen LogP contribution in [-0.2, 0) is 22.0 Å². The van der Waals surface area contributed by atoms with E-state index in [9.17, 15) is 8.42 Å². The van der Waals surface area contributed by atoms with Crippen molar-refractivity contribution in [3.8, 4) is 0 Å². The molecule has 3 nitrogen and oxygen atoms in total. The van der Waals surface area contributed by atoms with E-state index in [4.69, 9.17) is 4.55 Å². The monoisotopic (exact) mass is 256 g/mol. The lowest BCUT2D eigenvalue weighted by Crippen LogP contribution is -2.15. The third kappa shape index (κ3) is 3.54. The average molecular weight is 256 g/mol. The van der Waals surface area contributed by atoms with Crippen molar-refractivity contribution in [2.45, 2.75) is 50.8 Å². The Balaban J connectivity index is 3.37. The highest BCUT2D eigenvalue weighted by atomic mass is 32.2. The third-order valence-electron chi connectivity index (χ3n) is 2.70. The quantitative estimate of drug-likeness (QED) is 0.845. The van der Waals surface area contributed by atoms with E-state index in [0.717, 1.165) is 24.0 Å². The Morgan fingerprint density at radius 2 is 1.82 bits per heavy atom. The zero-order chi connectivity index (χ0) is 13.3. The minimum Gasteiger partial charge on any atom is -0.282 e. The Morgan fingerprint density at radius 1 is 1.24 bits per heavy atom. The Kier molecular flexibility index (Phi) is 3.99. The van der Waals surface area contributed by atoms with Crippen LogP contribution >= 0.6 is 0 Å². The summed E-state index contributed by atoms with van der Waals surface area (Å²) in [5, 5.41) is 0. The predicted octanol–water partition coefficient (Wildman–Crippen LogP) is 3.18. The van der Waals surface area contributed by atoms with E-state index in [1.54, 1.807) is 12.1 Å². The molecule has 1 aromatic carbocycles. The first-order chi connectivity index (χ1) is 7.66. The first kappa shape index (κ1) is 14.2. The first-order valence-corrected chi connectivity index (χ1v) is 7.21. The zero-order valence-corrected chi connectivity index (χ0v) is 11.6. The van der Waals surface area contributed by atoms with Crippen molar-refractivity contribution in [1.29, 1.82) is 0 Å². The summed E-state index contributed by atoms with van der Waals surface area (Å²) in [5.41, 5.74) is 2.10. The van der Waals surface area contributed by atoms with Crippen molar-refractivity contribution in [2.75, 3.05) is 0 Å². The predicted molar refractivity (Wildman–Crippen MR) is 69.0 cm³/mol. The van der Waals surface area contributed by atoms with Gasteiger partial charge < -0.3 is 0 Å². The van der Waals surface area contributed by atoms with Crippen molar-refractivity contribution in [3.05, 3.63) is 29.3 Å². The lowest BCUT2D eigenvalue weighted by atomic mass is 9.83. The van der Waals surface area contributed by atoms with E-state index >= 15 is 0 Å². The minimum atomic E-state index is -4.11. The van der Waals surface area contributed by atoms with Gasteiger partial charge in [0, 0.05) is 0 Å². The summed E-state index contributed by atoms with van der Waals surface area (Å²) >= 11 is 0. The van der Waals surface area contributed by atoms with E-state index in [2.05, 4.69) is 20.8 Å². The van der Waals surface area contributed by atoms with Gasteiger partial charge in [0.15, 0.2) is 0 Å². The number of aryl methyl sites for hydroxylation is 1. The molecule has 0 radical (unpaired) electrons. The maximum Gasteiger partial charge on any atom is 0.294 e. The average Bonchev–Trinajstić information content (AvgIpc) is 2.15. The van der Waals surface area contributed by atoms with Crippen LogP contribution < -0.4 is 0 Å². The largest absolute Gasteiger partial charge is 0.294 e. The molecule has 0 atom stereocenters. The van der Waals surface area contributed by atoms with Crippen molar-refractivity contribution >= 4 is 10.1 Å². The third-order valence-corrected chi connectivity index (χ3v) is 3.55. The lowest BCUT2D eigenvalue weighted by Gasteiger charge is -2.23. The fourth-order valence-corrected chi connectivity index (χ4v) is 2.47. The van der Waals surface area contributed by atoms with Gasteiger partial charge in [0.05, 0.1) is 4.90 Å². The SMILES string of the molecule is CCCc1cc(S(=O)(=O)O)ccc1C(C)(C)C. The minimum absolute atomic E-state index is 0.0195. The standard InChI is InChI=1S/C13H20O3S/c1-5-6-10-9-11(17(14,15)16)7-8-12(10)13(2,3)4/h7-9H,5-6H2,1-4H3,(H,14,15,16). The van der Waals surface area contributed by atoms with Crippen molar-refractivity contribution in [3.63, 3.8) is 0 Å². The van der Waals surface area contributed by atoms with Crippen LogP contribution in [-0.4, -0.2) is 13.0 Å². The topological polar surface area (TPSA) is 54.4 Å². The lowest BCUT2D eigenvalue weighted by molar-refractivity contribution is 0.482.